The number of isothiocyanates is 1. The molecule has 0 amide bonds. The quantitative estimate of drug-likeness (QED) is 0.354. The monoisotopic (exact) mass is 255 g/mol. The zero-order chi connectivity index (χ0) is 2.71. The molecule has 0 heterocycles. The van der Waals surface area contributed by atoms with Crippen LogP contribution in [0.2, 0.25) is 0 Å². The average Bonchev–Trinajstić information content (AvgIpc) is 0.918. The second kappa shape index (κ2) is 9.63. The molecule has 0 aromatic rings. The molecule has 0 spiro atoms. The van der Waals surface area contributed by atoms with Gasteiger partial charge in [-0.05, 0) is 0 Å². The SMILES string of the molecule is [Au+].[N-]=C=S. The Kier molecular flexibility index (Phi) is 21.2. The Morgan fingerprint density at radius 3 is 1.75 bits per heavy atom. The van der Waals surface area contributed by atoms with Gasteiger partial charge in [-0.1, -0.05) is 12.2 Å². The van der Waals surface area contributed by atoms with Gasteiger partial charge in [0.2, 0.25) is 0 Å². The summed E-state index contributed by atoms with van der Waals surface area (Å²) in [5.41, 5.74) is 0. The van der Waals surface area contributed by atoms with Crippen LogP contribution in [0, 0.1) is 0 Å². The number of thiocarbonyl (C=S) groups is 1. The molecule has 0 N–H and O–H groups in total. The maximum absolute atomic E-state index is 7.13. The number of rotatable bonds is 0. The van der Waals surface area contributed by atoms with Crippen molar-refractivity contribution in [1.82, 2.24) is 0 Å². The first-order valence-electron chi connectivity index (χ1n) is 0.428. The summed E-state index contributed by atoms with van der Waals surface area (Å²) >= 11 is 3.70. The molecule has 0 aromatic carbocycles. The summed E-state index contributed by atoms with van der Waals surface area (Å²) in [5, 5.41) is 8.47. The van der Waals surface area contributed by atoms with Gasteiger partial charge in [0, 0.05) is 0 Å². The van der Waals surface area contributed by atoms with Gasteiger partial charge in [0.25, 0.3) is 0 Å². The van der Waals surface area contributed by atoms with Gasteiger partial charge in [-0.15, -0.1) is 0 Å². The third-order valence-electron chi connectivity index (χ3n) is 0. The zero-order valence-electron chi connectivity index (χ0n) is 1.66. The summed E-state index contributed by atoms with van der Waals surface area (Å²) in [7, 11) is 0. The summed E-state index contributed by atoms with van der Waals surface area (Å²) in [6.45, 7) is 0. The molecule has 0 aromatic heterocycles. The summed E-state index contributed by atoms with van der Waals surface area (Å²) < 4.78 is 0. The molecule has 0 aliphatic carbocycles. The average molecular weight is 255 g/mol. The molecule has 0 fully saturated rings. The Bertz CT molecular complexity index is 29.0. The zero-order valence-corrected chi connectivity index (χ0v) is 4.64. The van der Waals surface area contributed by atoms with E-state index in [9.17, 15) is 0 Å². The summed E-state index contributed by atoms with van der Waals surface area (Å²) in [6.07, 6.45) is 0. The fraction of sp³-hybridized carbons (Fsp3) is 0. The van der Waals surface area contributed by atoms with E-state index in [1.54, 1.807) is 0 Å². The van der Waals surface area contributed by atoms with Gasteiger partial charge in [-0.3, -0.25) is 0 Å². The van der Waals surface area contributed by atoms with Crippen molar-refractivity contribution < 1.29 is 22.4 Å². The number of hydrogen-bond acceptors (Lipinski definition) is 1. The Hall–Kier alpha value is 0.540. The van der Waals surface area contributed by atoms with Crippen LogP contribution in [-0.2, 0) is 22.4 Å². The molecule has 0 radical (unpaired) electrons. The molecule has 0 unspecified atom stereocenters. The van der Waals surface area contributed by atoms with Crippen LogP contribution in [0.25, 0.3) is 5.41 Å². The van der Waals surface area contributed by atoms with Crippen LogP contribution in [0.1, 0.15) is 0 Å². The third-order valence-corrected chi connectivity index (χ3v) is 0. The maximum atomic E-state index is 7.13. The Morgan fingerprint density at radius 2 is 1.75 bits per heavy atom. The van der Waals surface area contributed by atoms with Crippen molar-refractivity contribution in [2.24, 2.45) is 0 Å². The van der Waals surface area contributed by atoms with Crippen LogP contribution in [0.4, 0.5) is 0 Å². The minimum absolute atomic E-state index is 0. The van der Waals surface area contributed by atoms with Crippen molar-refractivity contribution in [3.63, 3.8) is 0 Å². The van der Waals surface area contributed by atoms with Crippen LogP contribution in [0.15, 0.2) is 0 Å². The molecule has 0 rings (SSSR count). The predicted molar refractivity (Wildman–Crippen MR) is 16.0 cm³/mol. The van der Waals surface area contributed by atoms with Crippen molar-refractivity contribution in [3.05, 3.63) is 5.41 Å². The molecule has 1 nitrogen and oxygen atoms in total. The van der Waals surface area contributed by atoms with Crippen LogP contribution < -0.4 is 0 Å². The van der Waals surface area contributed by atoms with E-state index in [-0.39, 0.29) is 22.4 Å². The van der Waals surface area contributed by atoms with E-state index >= 15 is 0 Å². The van der Waals surface area contributed by atoms with Gasteiger partial charge in [-0.2, -0.15) is 5.16 Å². The van der Waals surface area contributed by atoms with Crippen molar-refractivity contribution in [1.29, 1.82) is 0 Å². The topological polar surface area (TPSA) is 22.3 Å². The number of hydrogen-bond donors (Lipinski definition) is 0. The van der Waals surface area contributed by atoms with E-state index in [1.807, 2.05) is 0 Å². The fourth-order valence-electron chi connectivity index (χ4n) is 0. The molecule has 0 saturated heterocycles. The first-order valence-corrected chi connectivity index (χ1v) is 0.836. The van der Waals surface area contributed by atoms with Crippen LogP contribution in [0.5, 0.6) is 0 Å². The van der Waals surface area contributed by atoms with Gasteiger partial charge in [0.1, 0.15) is 0 Å². The molecule has 0 atom stereocenters. The van der Waals surface area contributed by atoms with Gasteiger partial charge in [0.15, 0.2) is 0 Å². The second-order valence-corrected chi connectivity index (χ2v) is 0.274. The summed E-state index contributed by atoms with van der Waals surface area (Å²) in [6, 6.07) is 0. The minimum Gasteiger partial charge on any atom is -0.753 e. The number of nitrogens with zero attached hydrogens (tertiary/aromatic N) is 1. The molecular formula is CAuNS. The Labute approximate surface area is 45.4 Å². The molecular weight excluding hydrogens is 255 g/mol. The smallest absolute Gasteiger partial charge is 0.753 e. The van der Waals surface area contributed by atoms with Crippen LogP contribution in [-0.4, -0.2) is 5.16 Å². The van der Waals surface area contributed by atoms with Gasteiger partial charge in [0.05, 0.1) is 0 Å². The first-order chi connectivity index (χ1) is 1.41. The molecule has 26 valence electrons. The molecule has 0 saturated carbocycles. The van der Waals surface area contributed by atoms with E-state index < -0.39 is 0 Å². The van der Waals surface area contributed by atoms with Crippen LogP contribution in [0.3, 0.4) is 0 Å². The molecule has 0 bridgehead atoms. The molecule has 3 heteroatoms. The summed E-state index contributed by atoms with van der Waals surface area (Å²) in [4.78, 5) is 0. The second-order valence-electron chi connectivity index (χ2n) is 0.0913. The molecule has 4 heavy (non-hydrogen) atoms. The Balaban J connectivity index is 0. The van der Waals surface area contributed by atoms with Gasteiger partial charge < -0.3 is 5.41 Å². The van der Waals surface area contributed by atoms with E-state index in [1.165, 1.54) is 5.16 Å². The predicted octanol–water partition coefficient (Wildman–Crippen LogP) is 0.656. The fourth-order valence-corrected chi connectivity index (χ4v) is 0. The van der Waals surface area contributed by atoms with Gasteiger partial charge in [-0.25, -0.2) is 0 Å². The minimum atomic E-state index is 0. The van der Waals surface area contributed by atoms with Crippen molar-refractivity contribution in [3.8, 4) is 0 Å². The van der Waals surface area contributed by atoms with Gasteiger partial charge >= 0.3 is 22.4 Å². The van der Waals surface area contributed by atoms with Crippen molar-refractivity contribution in [2.75, 3.05) is 0 Å². The normalized spacial score (nSPS) is 2.00. The Morgan fingerprint density at radius 1 is 1.75 bits per heavy atom. The maximum Gasteiger partial charge on any atom is 1.00 e. The van der Waals surface area contributed by atoms with Crippen molar-refractivity contribution in [2.45, 2.75) is 0 Å². The van der Waals surface area contributed by atoms with E-state index in [0.717, 1.165) is 0 Å². The van der Waals surface area contributed by atoms with E-state index in [4.69, 9.17) is 5.41 Å². The van der Waals surface area contributed by atoms with E-state index in [2.05, 4.69) is 12.2 Å². The standard InChI is InChI=1S/CNS.Au/c2-1-3;/q-1;+1. The van der Waals surface area contributed by atoms with E-state index in [0.29, 0.717) is 0 Å². The first kappa shape index (κ1) is 8.82. The summed E-state index contributed by atoms with van der Waals surface area (Å²) in [5.74, 6) is 0. The molecule has 0 aliphatic rings. The van der Waals surface area contributed by atoms with Crippen LogP contribution >= 0.6 is 12.2 Å². The third kappa shape index (κ3) is 20.6. The van der Waals surface area contributed by atoms with Crippen molar-refractivity contribution >= 4 is 17.4 Å². The largest absolute Gasteiger partial charge is 1.00 e. The molecule has 0 aliphatic heterocycles.